The Labute approximate surface area is 118 Å². The van der Waals surface area contributed by atoms with Crippen molar-refractivity contribution in [3.8, 4) is 0 Å². The van der Waals surface area contributed by atoms with Gasteiger partial charge in [-0.05, 0) is 37.8 Å². The number of nitrogens with one attached hydrogen (secondary N) is 1. The van der Waals surface area contributed by atoms with Crippen LogP contribution >= 0.6 is 11.6 Å². The first-order valence-electron chi connectivity index (χ1n) is 6.69. The van der Waals surface area contributed by atoms with Crippen LogP contribution in [0.2, 0.25) is 5.02 Å². The van der Waals surface area contributed by atoms with Crippen molar-refractivity contribution in [2.75, 3.05) is 5.32 Å². The Bertz CT molecular complexity index is 583. The molecule has 0 saturated carbocycles. The number of halogens is 1. The van der Waals surface area contributed by atoms with Gasteiger partial charge < -0.3 is 5.32 Å². The highest BCUT2D eigenvalue weighted by Gasteiger charge is 2.24. The summed E-state index contributed by atoms with van der Waals surface area (Å²) in [5, 5.41) is 8.77. The van der Waals surface area contributed by atoms with Crippen LogP contribution < -0.4 is 5.32 Å². The second-order valence-corrected chi connectivity index (χ2v) is 5.60. The molecule has 0 fully saturated rings. The predicted octanol–water partition coefficient (Wildman–Crippen LogP) is 3.87. The lowest BCUT2D eigenvalue weighted by molar-refractivity contribution is 0.571. The van der Waals surface area contributed by atoms with E-state index < -0.39 is 0 Å². The van der Waals surface area contributed by atoms with Crippen LogP contribution in [-0.4, -0.2) is 9.78 Å². The number of fused-ring (bicyclic) bond motifs is 1. The molecule has 1 aliphatic rings. The highest BCUT2D eigenvalue weighted by molar-refractivity contribution is 6.33. The molecule has 19 heavy (non-hydrogen) atoms. The molecule has 0 bridgehead atoms. The molecule has 100 valence electrons. The summed E-state index contributed by atoms with van der Waals surface area (Å²) in [6.07, 6.45) is 5.42. The van der Waals surface area contributed by atoms with Crippen molar-refractivity contribution in [2.24, 2.45) is 7.05 Å². The minimum atomic E-state index is 0.316. The summed E-state index contributed by atoms with van der Waals surface area (Å²) in [6.45, 7) is 2.08. The van der Waals surface area contributed by atoms with Gasteiger partial charge in [0.05, 0.1) is 22.9 Å². The fourth-order valence-electron chi connectivity index (χ4n) is 2.85. The number of aromatic nitrogens is 2. The van der Waals surface area contributed by atoms with E-state index in [9.17, 15) is 0 Å². The fourth-order valence-corrected chi connectivity index (χ4v) is 3.12. The number of aryl methyl sites for hydroxylation is 2. The lowest BCUT2D eigenvalue weighted by Gasteiger charge is -2.26. The highest BCUT2D eigenvalue weighted by Crippen LogP contribution is 2.35. The van der Waals surface area contributed by atoms with Gasteiger partial charge in [0.1, 0.15) is 0 Å². The fraction of sp³-hybridized carbons (Fsp3) is 0.400. The first kappa shape index (κ1) is 12.5. The molecule has 0 aliphatic heterocycles. The molecule has 1 atom stereocenters. The molecule has 0 radical (unpaired) electrons. The summed E-state index contributed by atoms with van der Waals surface area (Å²) < 4.78 is 1.99. The van der Waals surface area contributed by atoms with E-state index in [1.165, 1.54) is 23.2 Å². The zero-order valence-electron chi connectivity index (χ0n) is 11.3. The van der Waals surface area contributed by atoms with Crippen molar-refractivity contribution < 1.29 is 0 Å². The molecule has 3 nitrogen and oxygen atoms in total. The SMILES string of the molecule is Cc1cccc(Cl)c1NC1CCCc2c1cnn2C. The van der Waals surface area contributed by atoms with Gasteiger partial charge in [0.2, 0.25) is 0 Å². The topological polar surface area (TPSA) is 29.9 Å². The van der Waals surface area contributed by atoms with E-state index in [1.807, 2.05) is 30.1 Å². The first-order valence-corrected chi connectivity index (χ1v) is 7.07. The van der Waals surface area contributed by atoms with Crippen molar-refractivity contribution in [3.05, 3.63) is 46.2 Å². The van der Waals surface area contributed by atoms with Gasteiger partial charge in [0.25, 0.3) is 0 Å². The molecule has 0 saturated heterocycles. The minimum absolute atomic E-state index is 0.316. The van der Waals surface area contributed by atoms with E-state index in [0.29, 0.717) is 6.04 Å². The lowest BCUT2D eigenvalue weighted by Crippen LogP contribution is -2.18. The molecule has 2 aromatic rings. The Morgan fingerprint density at radius 2 is 2.26 bits per heavy atom. The van der Waals surface area contributed by atoms with Crippen molar-refractivity contribution in [1.82, 2.24) is 9.78 Å². The summed E-state index contributed by atoms with van der Waals surface area (Å²) in [7, 11) is 2.02. The monoisotopic (exact) mass is 275 g/mol. The van der Waals surface area contributed by atoms with Crippen molar-refractivity contribution >= 4 is 17.3 Å². The van der Waals surface area contributed by atoms with Crippen LogP contribution in [-0.2, 0) is 13.5 Å². The molecule has 1 aromatic heterocycles. The second kappa shape index (κ2) is 4.89. The number of hydrogen-bond acceptors (Lipinski definition) is 2. The van der Waals surface area contributed by atoms with Crippen molar-refractivity contribution in [2.45, 2.75) is 32.2 Å². The van der Waals surface area contributed by atoms with Crippen LogP contribution in [0.5, 0.6) is 0 Å². The first-order chi connectivity index (χ1) is 9.16. The van der Waals surface area contributed by atoms with Crippen LogP contribution in [0.3, 0.4) is 0 Å². The van der Waals surface area contributed by atoms with Gasteiger partial charge in [-0.2, -0.15) is 5.10 Å². The maximum Gasteiger partial charge on any atom is 0.0640 e. The molecule has 3 rings (SSSR count). The van der Waals surface area contributed by atoms with Gasteiger partial charge in [-0.15, -0.1) is 0 Å². The Morgan fingerprint density at radius 3 is 3.05 bits per heavy atom. The van der Waals surface area contributed by atoms with Crippen LogP contribution in [0.4, 0.5) is 5.69 Å². The van der Waals surface area contributed by atoms with E-state index in [4.69, 9.17) is 11.6 Å². The number of benzene rings is 1. The predicted molar refractivity (Wildman–Crippen MR) is 78.7 cm³/mol. The molecular weight excluding hydrogens is 258 g/mol. The number of anilines is 1. The average Bonchev–Trinajstić information content (AvgIpc) is 2.77. The molecule has 1 N–H and O–H groups in total. The third kappa shape index (κ3) is 2.23. The van der Waals surface area contributed by atoms with Gasteiger partial charge in [-0.25, -0.2) is 0 Å². The van der Waals surface area contributed by atoms with Gasteiger partial charge >= 0.3 is 0 Å². The Balaban J connectivity index is 1.93. The third-order valence-corrected chi connectivity index (χ3v) is 4.23. The zero-order chi connectivity index (χ0) is 13.4. The van der Waals surface area contributed by atoms with E-state index >= 15 is 0 Å². The van der Waals surface area contributed by atoms with E-state index in [0.717, 1.165) is 23.6 Å². The van der Waals surface area contributed by atoms with Crippen LogP contribution in [0.1, 0.15) is 35.7 Å². The Morgan fingerprint density at radius 1 is 1.42 bits per heavy atom. The lowest BCUT2D eigenvalue weighted by atomic mass is 9.92. The number of nitrogens with zero attached hydrogens (tertiary/aromatic N) is 2. The maximum atomic E-state index is 6.30. The Kier molecular flexibility index (Phi) is 3.23. The van der Waals surface area contributed by atoms with Crippen molar-refractivity contribution in [3.63, 3.8) is 0 Å². The molecule has 1 aliphatic carbocycles. The minimum Gasteiger partial charge on any atom is -0.377 e. The van der Waals surface area contributed by atoms with E-state index in [2.05, 4.69) is 23.4 Å². The van der Waals surface area contributed by atoms with Crippen LogP contribution in [0.15, 0.2) is 24.4 Å². The summed E-state index contributed by atoms with van der Waals surface area (Å²) >= 11 is 6.30. The number of para-hydroxylation sites is 1. The van der Waals surface area contributed by atoms with Crippen molar-refractivity contribution in [1.29, 1.82) is 0 Å². The van der Waals surface area contributed by atoms with Gasteiger partial charge in [0, 0.05) is 18.3 Å². The molecule has 1 aromatic carbocycles. The number of rotatable bonds is 2. The normalized spacial score (nSPS) is 18.2. The maximum absolute atomic E-state index is 6.30. The summed E-state index contributed by atoms with van der Waals surface area (Å²) in [5.41, 5.74) is 4.89. The molecule has 4 heteroatoms. The van der Waals surface area contributed by atoms with Crippen LogP contribution in [0.25, 0.3) is 0 Å². The van der Waals surface area contributed by atoms with Gasteiger partial charge in [-0.1, -0.05) is 23.7 Å². The summed E-state index contributed by atoms with van der Waals surface area (Å²) in [6, 6.07) is 6.32. The standard InChI is InChI=1S/C15H18ClN3/c1-10-5-3-6-12(16)15(10)18-13-7-4-8-14-11(13)9-17-19(14)2/h3,5-6,9,13,18H,4,7-8H2,1-2H3. The van der Waals surface area contributed by atoms with Crippen LogP contribution in [0, 0.1) is 6.92 Å². The van der Waals surface area contributed by atoms with E-state index in [-0.39, 0.29) is 0 Å². The number of hydrogen-bond donors (Lipinski definition) is 1. The summed E-state index contributed by atoms with van der Waals surface area (Å²) in [5.74, 6) is 0. The molecular formula is C15H18ClN3. The van der Waals surface area contributed by atoms with Gasteiger partial charge in [0.15, 0.2) is 0 Å². The molecule has 0 spiro atoms. The van der Waals surface area contributed by atoms with E-state index in [1.54, 1.807) is 0 Å². The second-order valence-electron chi connectivity index (χ2n) is 5.19. The smallest absolute Gasteiger partial charge is 0.0640 e. The van der Waals surface area contributed by atoms with Gasteiger partial charge in [-0.3, -0.25) is 4.68 Å². The highest BCUT2D eigenvalue weighted by atomic mass is 35.5. The largest absolute Gasteiger partial charge is 0.377 e. The zero-order valence-corrected chi connectivity index (χ0v) is 12.0. The quantitative estimate of drug-likeness (QED) is 0.902. The average molecular weight is 276 g/mol. The third-order valence-electron chi connectivity index (χ3n) is 3.92. The molecule has 0 amide bonds. The molecule has 1 unspecified atom stereocenters. The molecule has 1 heterocycles. The Hall–Kier alpha value is -1.48. The summed E-state index contributed by atoms with van der Waals surface area (Å²) in [4.78, 5) is 0.